The number of nitrogens with one attached hydrogen (secondary N) is 1. The number of hydrogen-bond acceptors (Lipinski definition) is 5. The minimum atomic E-state index is -4.70. The molecule has 134 valence electrons. The van der Waals surface area contributed by atoms with Gasteiger partial charge in [-0.3, -0.25) is 14.9 Å². The van der Waals surface area contributed by atoms with Crippen molar-refractivity contribution in [3.63, 3.8) is 0 Å². The van der Waals surface area contributed by atoms with Gasteiger partial charge in [0.15, 0.2) is 0 Å². The lowest BCUT2D eigenvalue weighted by Crippen LogP contribution is -2.16. The normalized spacial score (nSPS) is 11.3. The van der Waals surface area contributed by atoms with E-state index in [-0.39, 0.29) is 17.9 Å². The first-order valence-electron chi connectivity index (χ1n) is 7.25. The Morgan fingerprint density at radius 3 is 2.52 bits per heavy atom. The van der Waals surface area contributed by atoms with E-state index in [4.69, 9.17) is 4.74 Å². The van der Waals surface area contributed by atoms with Crippen LogP contribution in [0.25, 0.3) is 0 Å². The van der Waals surface area contributed by atoms with Crippen molar-refractivity contribution in [2.75, 3.05) is 5.32 Å². The standard InChI is InChI=1S/C15H15F3N4O3/c1-4-22-13(15(16,17)18)20-14(21-22)19-12(24)10-7-5-6-8(2)11(10)25-9(3)23/h5-7H,4H2,1-3H3,(H,19,21,24). The fourth-order valence-electron chi connectivity index (χ4n) is 2.10. The van der Waals surface area contributed by atoms with Gasteiger partial charge in [0.1, 0.15) is 5.75 Å². The van der Waals surface area contributed by atoms with E-state index in [2.05, 4.69) is 15.4 Å². The van der Waals surface area contributed by atoms with Gasteiger partial charge in [-0.25, -0.2) is 4.68 Å². The summed E-state index contributed by atoms with van der Waals surface area (Å²) < 4.78 is 44.3. The Hall–Kier alpha value is -2.91. The Labute approximate surface area is 140 Å². The summed E-state index contributed by atoms with van der Waals surface area (Å²) in [5.74, 6) is -3.10. The van der Waals surface area contributed by atoms with Crippen LogP contribution in [0.2, 0.25) is 0 Å². The van der Waals surface area contributed by atoms with E-state index in [1.54, 1.807) is 19.1 Å². The molecular formula is C15H15F3N4O3. The van der Waals surface area contributed by atoms with Crippen molar-refractivity contribution in [3.8, 4) is 5.75 Å². The van der Waals surface area contributed by atoms with Crippen molar-refractivity contribution >= 4 is 17.8 Å². The molecule has 1 N–H and O–H groups in total. The maximum Gasteiger partial charge on any atom is 0.451 e. The summed E-state index contributed by atoms with van der Waals surface area (Å²) in [5.41, 5.74) is 0.502. The molecular weight excluding hydrogens is 341 g/mol. The van der Waals surface area contributed by atoms with Gasteiger partial charge in [-0.1, -0.05) is 12.1 Å². The first-order chi connectivity index (χ1) is 11.6. The molecule has 0 fully saturated rings. The third-order valence-corrected chi connectivity index (χ3v) is 3.15. The number of halogens is 3. The first kappa shape index (κ1) is 18.4. The average Bonchev–Trinajstić information content (AvgIpc) is 2.92. The van der Waals surface area contributed by atoms with Crippen molar-refractivity contribution in [2.45, 2.75) is 33.5 Å². The van der Waals surface area contributed by atoms with Crippen molar-refractivity contribution in [3.05, 3.63) is 35.2 Å². The summed E-state index contributed by atoms with van der Waals surface area (Å²) >= 11 is 0. The third kappa shape index (κ3) is 4.14. The van der Waals surface area contributed by atoms with E-state index in [9.17, 15) is 22.8 Å². The average molecular weight is 356 g/mol. The molecule has 0 spiro atoms. The second-order valence-electron chi connectivity index (χ2n) is 5.07. The van der Waals surface area contributed by atoms with Crippen molar-refractivity contribution in [2.24, 2.45) is 0 Å². The van der Waals surface area contributed by atoms with Crippen LogP contribution in [0, 0.1) is 6.92 Å². The van der Waals surface area contributed by atoms with Gasteiger partial charge in [0, 0.05) is 13.5 Å². The highest BCUT2D eigenvalue weighted by atomic mass is 19.4. The van der Waals surface area contributed by atoms with Gasteiger partial charge < -0.3 is 4.74 Å². The highest BCUT2D eigenvalue weighted by molar-refractivity contribution is 6.06. The Balaban J connectivity index is 2.34. The molecule has 0 radical (unpaired) electrons. The van der Waals surface area contributed by atoms with E-state index in [0.29, 0.717) is 10.2 Å². The number of benzene rings is 1. The molecule has 2 rings (SSSR count). The van der Waals surface area contributed by atoms with Crippen LogP contribution in [0.1, 0.15) is 35.6 Å². The number of nitrogens with zero attached hydrogens (tertiary/aromatic N) is 3. The number of esters is 1. The summed E-state index contributed by atoms with van der Waals surface area (Å²) in [5, 5.41) is 5.81. The number of carbonyl (C=O) groups is 2. The molecule has 1 aromatic carbocycles. The molecule has 1 heterocycles. The van der Waals surface area contributed by atoms with Gasteiger partial charge in [-0.2, -0.15) is 18.2 Å². The number of aromatic nitrogens is 3. The summed E-state index contributed by atoms with van der Waals surface area (Å²) in [4.78, 5) is 26.9. The Morgan fingerprint density at radius 2 is 2.00 bits per heavy atom. The number of para-hydroxylation sites is 1. The molecule has 1 amide bonds. The van der Waals surface area contributed by atoms with Gasteiger partial charge in [0.25, 0.3) is 5.91 Å². The Morgan fingerprint density at radius 1 is 1.32 bits per heavy atom. The van der Waals surface area contributed by atoms with Gasteiger partial charge in [0.05, 0.1) is 5.56 Å². The second kappa shape index (κ2) is 6.91. The molecule has 0 unspecified atom stereocenters. The maximum absolute atomic E-state index is 12.9. The number of alkyl halides is 3. The molecule has 0 aliphatic carbocycles. The van der Waals surface area contributed by atoms with Gasteiger partial charge >= 0.3 is 12.1 Å². The third-order valence-electron chi connectivity index (χ3n) is 3.15. The number of rotatable bonds is 4. The smallest absolute Gasteiger partial charge is 0.426 e. The zero-order valence-corrected chi connectivity index (χ0v) is 13.6. The summed E-state index contributed by atoms with van der Waals surface area (Å²) in [6.07, 6.45) is -4.70. The van der Waals surface area contributed by atoms with E-state index in [0.717, 1.165) is 0 Å². The zero-order chi connectivity index (χ0) is 18.8. The second-order valence-corrected chi connectivity index (χ2v) is 5.07. The number of aryl methyl sites for hydroxylation is 2. The van der Waals surface area contributed by atoms with E-state index < -0.39 is 29.8 Å². The predicted octanol–water partition coefficient (Wildman–Crippen LogP) is 2.80. The lowest BCUT2D eigenvalue weighted by molar-refractivity contribution is -0.147. The van der Waals surface area contributed by atoms with E-state index in [1.807, 2.05) is 0 Å². The SMILES string of the molecule is CCn1nc(NC(=O)c2cccc(C)c2OC(C)=O)nc1C(F)(F)F. The minimum Gasteiger partial charge on any atom is -0.426 e. The molecule has 0 atom stereocenters. The van der Waals surface area contributed by atoms with Crippen LogP contribution in [0.4, 0.5) is 19.1 Å². The predicted molar refractivity (Wildman–Crippen MR) is 81.1 cm³/mol. The zero-order valence-electron chi connectivity index (χ0n) is 13.6. The number of ether oxygens (including phenoxy) is 1. The van der Waals surface area contributed by atoms with Crippen LogP contribution in [-0.2, 0) is 17.5 Å². The fraction of sp³-hybridized carbons (Fsp3) is 0.333. The molecule has 0 aliphatic rings. The minimum absolute atomic E-state index is 0.0170. The van der Waals surface area contributed by atoms with Crippen LogP contribution in [0.5, 0.6) is 5.75 Å². The van der Waals surface area contributed by atoms with Crippen molar-refractivity contribution in [1.82, 2.24) is 14.8 Å². The molecule has 1 aromatic heterocycles. The molecule has 10 heteroatoms. The quantitative estimate of drug-likeness (QED) is 0.672. The molecule has 0 saturated heterocycles. The maximum atomic E-state index is 12.9. The molecule has 7 nitrogen and oxygen atoms in total. The Bertz CT molecular complexity index is 815. The van der Waals surface area contributed by atoms with Crippen LogP contribution in [0.15, 0.2) is 18.2 Å². The highest BCUT2D eigenvalue weighted by Crippen LogP contribution is 2.29. The largest absolute Gasteiger partial charge is 0.451 e. The van der Waals surface area contributed by atoms with Crippen LogP contribution in [-0.4, -0.2) is 26.6 Å². The molecule has 0 bridgehead atoms. The van der Waals surface area contributed by atoms with Crippen molar-refractivity contribution in [1.29, 1.82) is 0 Å². The van der Waals surface area contributed by atoms with Crippen LogP contribution >= 0.6 is 0 Å². The molecule has 2 aromatic rings. The first-order valence-corrected chi connectivity index (χ1v) is 7.25. The topological polar surface area (TPSA) is 86.1 Å². The Kier molecular flexibility index (Phi) is 5.10. The van der Waals surface area contributed by atoms with Crippen LogP contribution in [0.3, 0.4) is 0 Å². The summed E-state index contributed by atoms with van der Waals surface area (Å²) in [6, 6.07) is 4.55. The van der Waals surface area contributed by atoms with Gasteiger partial charge in [0.2, 0.25) is 11.8 Å². The number of amides is 1. The highest BCUT2D eigenvalue weighted by Gasteiger charge is 2.38. The fourth-order valence-corrected chi connectivity index (χ4v) is 2.10. The van der Waals surface area contributed by atoms with E-state index in [1.165, 1.54) is 19.9 Å². The van der Waals surface area contributed by atoms with Gasteiger partial charge in [-0.15, -0.1) is 5.10 Å². The van der Waals surface area contributed by atoms with Crippen molar-refractivity contribution < 1.29 is 27.5 Å². The lowest BCUT2D eigenvalue weighted by atomic mass is 10.1. The summed E-state index contributed by atoms with van der Waals surface area (Å²) in [6.45, 7) is 4.20. The molecule has 0 aliphatic heterocycles. The number of carbonyl (C=O) groups excluding carboxylic acids is 2. The van der Waals surface area contributed by atoms with Crippen LogP contribution < -0.4 is 10.1 Å². The number of anilines is 1. The molecule has 25 heavy (non-hydrogen) atoms. The van der Waals surface area contributed by atoms with Gasteiger partial charge in [-0.05, 0) is 25.5 Å². The molecule has 0 saturated carbocycles. The lowest BCUT2D eigenvalue weighted by Gasteiger charge is -2.10. The number of hydrogen-bond donors (Lipinski definition) is 1. The van der Waals surface area contributed by atoms with E-state index >= 15 is 0 Å². The monoisotopic (exact) mass is 356 g/mol. The summed E-state index contributed by atoms with van der Waals surface area (Å²) in [7, 11) is 0.